The lowest BCUT2D eigenvalue weighted by molar-refractivity contribution is 0.374. The summed E-state index contributed by atoms with van der Waals surface area (Å²) in [4.78, 5) is 0. The topological polar surface area (TPSA) is 73.7 Å². The molecule has 0 bridgehead atoms. The van der Waals surface area contributed by atoms with Crippen molar-refractivity contribution in [2.75, 3.05) is 21.3 Å². The number of rotatable bonds is 6. The number of nitrogens with one attached hydrogen (secondary N) is 1. The van der Waals surface area contributed by atoms with Crippen LogP contribution >= 0.6 is 12.2 Å². The standard InChI is InChI=1S/C19H20N4O3S/c1-12-7-5-6-8-14(12)18-21-22-19(27)23(18)20-11-15-16(25-3)9-13(24-2)10-17(15)26-4/h5-11H,1-4H3,(H,22,27). The molecule has 0 saturated heterocycles. The third kappa shape index (κ3) is 3.70. The van der Waals surface area contributed by atoms with Crippen molar-refractivity contribution in [3.8, 4) is 28.6 Å². The molecule has 0 aliphatic heterocycles. The van der Waals surface area contributed by atoms with E-state index < -0.39 is 0 Å². The van der Waals surface area contributed by atoms with E-state index in [4.69, 9.17) is 26.4 Å². The van der Waals surface area contributed by atoms with Crippen LogP contribution in [0.3, 0.4) is 0 Å². The number of aromatic amines is 1. The van der Waals surface area contributed by atoms with Crippen LogP contribution < -0.4 is 14.2 Å². The fourth-order valence-electron chi connectivity index (χ4n) is 2.67. The Morgan fingerprint density at radius 2 is 1.74 bits per heavy atom. The molecule has 1 N–H and O–H groups in total. The van der Waals surface area contributed by atoms with Gasteiger partial charge in [0.25, 0.3) is 0 Å². The molecule has 0 spiro atoms. The van der Waals surface area contributed by atoms with E-state index in [2.05, 4.69) is 15.3 Å². The summed E-state index contributed by atoms with van der Waals surface area (Å²) in [5.41, 5.74) is 2.68. The zero-order valence-corrected chi connectivity index (χ0v) is 16.3. The number of benzene rings is 2. The molecular formula is C19H20N4O3S. The molecule has 1 heterocycles. The van der Waals surface area contributed by atoms with Gasteiger partial charge in [-0.2, -0.15) is 14.9 Å². The van der Waals surface area contributed by atoms with E-state index in [1.807, 2.05) is 31.2 Å². The first-order valence-corrected chi connectivity index (χ1v) is 8.57. The minimum absolute atomic E-state index is 0.385. The number of hydrogen-bond donors (Lipinski definition) is 1. The SMILES string of the molecule is COc1cc(OC)c(C=Nn2c(-c3ccccc3C)n[nH]c2=S)c(OC)c1. The molecule has 2 aromatic carbocycles. The maximum absolute atomic E-state index is 5.45. The molecule has 0 amide bonds. The lowest BCUT2D eigenvalue weighted by Crippen LogP contribution is -2.00. The third-order valence-electron chi connectivity index (χ3n) is 4.09. The molecule has 0 saturated carbocycles. The maximum Gasteiger partial charge on any atom is 0.216 e. The first-order chi connectivity index (χ1) is 13.1. The van der Waals surface area contributed by atoms with E-state index in [1.54, 1.807) is 44.4 Å². The van der Waals surface area contributed by atoms with Crippen molar-refractivity contribution in [2.24, 2.45) is 5.10 Å². The van der Waals surface area contributed by atoms with Crippen LogP contribution in [0, 0.1) is 11.7 Å². The number of nitrogens with zero attached hydrogens (tertiary/aromatic N) is 3. The van der Waals surface area contributed by atoms with Crippen LogP contribution in [0.25, 0.3) is 11.4 Å². The van der Waals surface area contributed by atoms with Crippen LogP contribution in [0.5, 0.6) is 17.2 Å². The first-order valence-electron chi connectivity index (χ1n) is 8.16. The summed E-state index contributed by atoms with van der Waals surface area (Å²) >= 11 is 5.34. The number of aromatic nitrogens is 3. The van der Waals surface area contributed by atoms with Gasteiger partial charge in [0.15, 0.2) is 5.82 Å². The van der Waals surface area contributed by atoms with Gasteiger partial charge in [-0.15, -0.1) is 0 Å². The highest BCUT2D eigenvalue weighted by Crippen LogP contribution is 2.33. The lowest BCUT2D eigenvalue weighted by Gasteiger charge is -2.12. The lowest BCUT2D eigenvalue weighted by atomic mass is 10.1. The fraction of sp³-hybridized carbons (Fsp3) is 0.211. The Morgan fingerprint density at radius 1 is 1.07 bits per heavy atom. The highest BCUT2D eigenvalue weighted by Gasteiger charge is 2.13. The molecule has 0 radical (unpaired) electrons. The first kappa shape index (κ1) is 18.7. The Balaban J connectivity index is 2.10. The maximum atomic E-state index is 5.45. The molecule has 140 valence electrons. The molecule has 0 aliphatic rings. The highest BCUT2D eigenvalue weighted by atomic mass is 32.1. The second-order valence-electron chi connectivity index (χ2n) is 5.67. The Bertz CT molecular complexity index is 1010. The van der Waals surface area contributed by atoms with E-state index in [9.17, 15) is 0 Å². The second kappa shape index (κ2) is 8.05. The molecule has 3 rings (SSSR count). The fourth-order valence-corrected chi connectivity index (χ4v) is 2.85. The molecule has 27 heavy (non-hydrogen) atoms. The van der Waals surface area contributed by atoms with E-state index in [0.717, 1.165) is 11.1 Å². The van der Waals surface area contributed by atoms with Crippen LogP contribution in [0.15, 0.2) is 41.5 Å². The van der Waals surface area contributed by atoms with E-state index in [0.29, 0.717) is 33.4 Å². The van der Waals surface area contributed by atoms with Crippen molar-refractivity contribution in [3.63, 3.8) is 0 Å². The van der Waals surface area contributed by atoms with E-state index >= 15 is 0 Å². The molecule has 7 nitrogen and oxygen atoms in total. The summed E-state index contributed by atoms with van der Waals surface area (Å²) in [6.45, 7) is 2.01. The van der Waals surface area contributed by atoms with Crippen LogP contribution in [0.2, 0.25) is 0 Å². The highest BCUT2D eigenvalue weighted by molar-refractivity contribution is 7.71. The molecular weight excluding hydrogens is 364 g/mol. The molecule has 0 aliphatic carbocycles. The van der Waals surface area contributed by atoms with Crippen molar-refractivity contribution in [1.29, 1.82) is 0 Å². The summed E-state index contributed by atoms with van der Waals surface area (Å²) in [5, 5.41) is 11.6. The Hall–Kier alpha value is -3.13. The van der Waals surface area contributed by atoms with Gasteiger partial charge in [0.1, 0.15) is 17.2 Å². The molecule has 0 fully saturated rings. The van der Waals surface area contributed by atoms with Gasteiger partial charge in [0.2, 0.25) is 4.77 Å². The van der Waals surface area contributed by atoms with Gasteiger partial charge in [-0.25, -0.2) is 5.10 Å². The molecule has 0 atom stereocenters. The quantitative estimate of drug-likeness (QED) is 0.517. The van der Waals surface area contributed by atoms with Crippen molar-refractivity contribution in [3.05, 3.63) is 52.3 Å². The Morgan fingerprint density at radius 3 is 2.33 bits per heavy atom. The molecule has 3 aromatic rings. The Kier molecular flexibility index (Phi) is 5.56. The molecule has 1 aromatic heterocycles. The van der Waals surface area contributed by atoms with Crippen molar-refractivity contribution >= 4 is 18.4 Å². The number of hydrogen-bond acceptors (Lipinski definition) is 6. The van der Waals surface area contributed by atoms with E-state index in [-0.39, 0.29) is 0 Å². The summed E-state index contributed by atoms with van der Waals surface area (Å²) in [6.07, 6.45) is 1.63. The number of ether oxygens (including phenoxy) is 3. The predicted molar refractivity (Wildman–Crippen MR) is 107 cm³/mol. The summed E-state index contributed by atoms with van der Waals surface area (Å²) in [6, 6.07) is 11.4. The van der Waals surface area contributed by atoms with Crippen LogP contribution in [-0.4, -0.2) is 42.4 Å². The number of methoxy groups -OCH3 is 3. The average Bonchev–Trinajstić information content (AvgIpc) is 3.06. The van der Waals surface area contributed by atoms with Crippen molar-refractivity contribution in [1.82, 2.24) is 14.9 Å². The number of aryl methyl sites for hydroxylation is 1. The van der Waals surface area contributed by atoms with Gasteiger partial charge in [-0.3, -0.25) is 0 Å². The Labute approximate surface area is 162 Å². The van der Waals surface area contributed by atoms with Gasteiger partial charge in [-0.05, 0) is 24.7 Å². The minimum Gasteiger partial charge on any atom is -0.496 e. The van der Waals surface area contributed by atoms with Gasteiger partial charge >= 0.3 is 0 Å². The van der Waals surface area contributed by atoms with Crippen LogP contribution in [0.1, 0.15) is 11.1 Å². The van der Waals surface area contributed by atoms with E-state index in [1.165, 1.54) is 0 Å². The van der Waals surface area contributed by atoms with Crippen molar-refractivity contribution < 1.29 is 14.2 Å². The third-order valence-corrected chi connectivity index (χ3v) is 4.36. The molecule has 8 heteroatoms. The van der Waals surface area contributed by atoms with Gasteiger partial charge in [0, 0.05) is 17.7 Å². The van der Waals surface area contributed by atoms with Gasteiger partial charge < -0.3 is 14.2 Å². The molecule has 0 unspecified atom stereocenters. The predicted octanol–water partition coefficient (Wildman–Crippen LogP) is 3.82. The summed E-state index contributed by atoms with van der Waals surface area (Å²) in [5.74, 6) is 2.40. The van der Waals surface area contributed by atoms with Gasteiger partial charge in [0.05, 0.1) is 33.1 Å². The minimum atomic E-state index is 0.385. The van der Waals surface area contributed by atoms with Gasteiger partial charge in [-0.1, -0.05) is 24.3 Å². The number of H-pyrrole nitrogens is 1. The van der Waals surface area contributed by atoms with Crippen molar-refractivity contribution in [2.45, 2.75) is 6.92 Å². The van der Waals surface area contributed by atoms with Crippen LogP contribution in [-0.2, 0) is 0 Å². The monoisotopic (exact) mass is 384 g/mol. The normalized spacial score (nSPS) is 11.0. The summed E-state index contributed by atoms with van der Waals surface area (Å²) in [7, 11) is 4.74. The second-order valence-corrected chi connectivity index (χ2v) is 6.06. The van der Waals surface area contributed by atoms with Crippen LogP contribution in [0.4, 0.5) is 0 Å². The zero-order valence-electron chi connectivity index (χ0n) is 15.5. The summed E-state index contributed by atoms with van der Waals surface area (Å²) < 4.78 is 18.1. The largest absolute Gasteiger partial charge is 0.496 e. The smallest absolute Gasteiger partial charge is 0.216 e. The average molecular weight is 384 g/mol. The zero-order chi connectivity index (χ0) is 19.4.